The lowest BCUT2D eigenvalue weighted by Crippen LogP contribution is -2.47. The molecule has 170 valence electrons. The SMILES string of the molecule is CN(C)CCNC(=O)C[C@@H]1CC2(CCN(C(=O)C3CCOCC3)CC2)c2ccccc21. The van der Waals surface area contributed by atoms with E-state index in [1.165, 1.54) is 11.1 Å². The van der Waals surface area contributed by atoms with E-state index in [4.69, 9.17) is 4.74 Å². The van der Waals surface area contributed by atoms with E-state index in [1.807, 2.05) is 14.1 Å². The first-order valence-corrected chi connectivity index (χ1v) is 11.9. The molecule has 2 saturated heterocycles. The molecule has 2 fully saturated rings. The Labute approximate surface area is 186 Å². The molecule has 4 rings (SSSR count). The average Bonchev–Trinajstić information content (AvgIpc) is 3.07. The predicted molar refractivity (Wildman–Crippen MR) is 121 cm³/mol. The number of fused-ring (bicyclic) bond motifs is 2. The Morgan fingerprint density at radius 2 is 1.87 bits per heavy atom. The van der Waals surface area contributed by atoms with Crippen molar-refractivity contribution < 1.29 is 14.3 Å². The van der Waals surface area contributed by atoms with Crippen LogP contribution in [0.1, 0.15) is 55.6 Å². The molecule has 0 saturated carbocycles. The van der Waals surface area contributed by atoms with E-state index in [9.17, 15) is 9.59 Å². The van der Waals surface area contributed by atoms with Crippen molar-refractivity contribution in [2.24, 2.45) is 5.92 Å². The van der Waals surface area contributed by atoms with E-state index in [0.29, 0.717) is 32.1 Å². The molecule has 1 atom stereocenters. The van der Waals surface area contributed by atoms with Crippen LogP contribution < -0.4 is 5.32 Å². The van der Waals surface area contributed by atoms with Gasteiger partial charge >= 0.3 is 0 Å². The fourth-order valence-electron chi connectivity index (χ4n) is 5.76. The second-order valence-electron chi connectivity index (χ2n) is 9.84. The summed E-state index contributed by atoms with van der Waals surface area (Å²) in [6.45, 7) is 4.61. The van der Waals surface area contributed by atoms with Gasteiger partial charge in [0.25, 0.3) is 0 Å². The van der Waals surface area contributed by atoms with Gasteiger partial charge < -0.3 is 19.9 Å². The van der Waals surface area contributed by atoms with Crippen molar-refractivity contribution in [1.29, 1.82) is 0 Å². The smallest absolute Gasteiger partial charge is 0.225 e. The fourth-order valence-corrected chi connectivity index (χ4v) is 5.76. The van der Waals surface area contributed by atoms with E-state index >= 15 is 0 Å². The second-order valence-corrected chi connectivity index (χ2v) is 9.84. The summed E-state index contributed by atoms with van der Waals surface area (Å²) < 4.78 is 5.43. The van der Waals surface area contributed by atoms with Gasteiger partial charge in [-0.15, -0.1) is 0 Å². The lowest BCUT2D eigenvalue weighted by Gasteiger charge is -2.41. The Kier molecular flexibility index (Phi) is 6.97. The first-order valence-electron chi connectivity index (χ1n) is 11.9. The zero-order valence-corrected chi connectivity index (χ0v) is 19.1. The molecule has 1 aromatic rings. The Morgan fingerprint density at radius 1 is 1.16 bits per heavy atom. The van der Waals surface area contributed by atoms with Gasteiger partial charge in [-0.05, 0) is 68.7 Å². The molecule has 0 unspecified atom stereocenters. The quantitative estimate of drug-likeness (QED) is 0.758. The summed E-state index contributed by atoms with van der Waals surface area (Å²) in [6.07, 6.45) is 5.28. The van der Waals surface area contributed by atoms with Crippen LogP contribution in [0, 0.1) is 5.92 Å². The zero-order valence-electron chi connectivity index (χ0n) is 19.1. The van der Waals surface area contributed by atoms with Crippen molar-refractivity contribution in [3.05, 3.63) is 35.4 Å². The minimum absolute atomic E-state index is 0.109. The number of ether oxygens (including phenoxy) is 1. The van der Waals surface area contributed by atoms with Crippen LogP contribution in [0.5, 0.6) is 0 Å². The van der Waals surface area contributed by atoms with Crippen LogP contribution in [0.25, 0.3) is 0 Å². The van der Waals surface area contributed by atoms with Gasteiger partial charge in [0, 0.05) is 51.7 Å². The lowest BCUT2D eigenvalue weighted by molar-refractivity contribution is -0.140. The van der Waals surface area contributed by atoms with Crippen LogP contribution in [0.4, 0.5) is 0 Å². The van der Waals surface area contributed by atoms with Gasteiger partial charge in [-0.2, -0.15) is 0 Å². The van der Waals surface area contributed by atoms with Crippen LogP contribution in [-0.4, -0.2) is 75.1 Å². The third-order valence-electron chi connectivity index (χ3n) is 7.52. The van der Waals surface area contributed by atoms with E-state index in [0.717, 1.165) is 51.7 Å². The highest BCUT2D eigenvalue weighted by molar-refractivity contribution is 5.79. The minimum Gasteiger partial charge on any atom is -0.381 e. The van der Waals surface area contributed by atoms with E-state index in [2.05, 4.69) is 39.4 Å². The molecule has 6 nitrogen and oxygen atoms in total. The van der Waals surface area contributed by atoms with Crippen LogP contribution >= 0.6 is 0 Å². The number of benzene rings is 1. The number of likely N-dealkylation sites (tertiary alicyclic amines) is 1. The van der Waals surface area contributed by atoms with Gasteiger partial charge in [0.1, 0.15) is 0 Å². The zero-order chi connectivity index (χ0) is 21.8. The molecule has 0 aromatic heterocycles. The molecule has 1 spiro atoms. The van der Waals surface area contributed by atoms with Crippen LogP contribution in [-0.2, 0) is 19.7 Å². The van der Waals surface area contributed by atoms with Gasteiger partial charge in [0.05, 0.1) is 0 Å². The van der Waals surface area contributed by atoms with Crippen molar-refractivity contribution in [2.45, 2.75) is 49.9 Å². The highest BCUT2D eigenvalue weighted by Crippen LogP contribution is 2.52. The number of nitrogens with zero attached hydrogens (tertiary/aromatic N) is 2. The summed E-state index contributed by atoms with van der Waals surface area (Å²) in [6, 6.07) is 8.69. The number of piperidine rings is 1. The van der Waals surface area contributed by atoms with Crippen molar-refractivity contribution in [3.63, 3.8) is 0 Å². The molecule has 2 aliphatic heterocycles. The standard InChI is InChI=1S/C25H37N3O3/c1-27(2)14-11-26-23(29)17-20-18-25(22-6-4-3-5-21(20)22)9-12-28(13-10-25)24(30)19-7-15-31-16-8-19/h3-6,19-20H,7-18H2,1-2H3,(H,26,29)/t20-/m1/s1. The molecule has 3 aliphatic rings. The normalized spacial score (nSPS) is 23.2. The Morgan fingerprint density at radius 3 is 2.58 bits per heavy atom. The van der Waals surface area contributed by atoms with Crippen LogP contribution in [0.15, 0.2) is 24.3 Å². The predicted octanol–water partition coefficient (Wildman–Crippen LogP) is 2.53. The number of nitrogens with one attached hydrogen (secondary N) is 1. The van der Waals surface area contributed by atoms with Crippen molar-refractivity contribution in [1.82, 2.24) is 15.1 Å². The summed E-state index contributed by atoms with van der Waals surface area (Å²) >= 11 is 0. The molecule has 2 amide bonds. The maximum atomic E-state index is 13.0. The molecule has 1 aliphatic carbocycles. The van der Waals surface area contributed by atoms with Crippen LogP contribution in [0.3, 0.4) is 0 Å². The average molecular weight is 428 g/mol. The van der Waals surface area contributed by atoms with Gasteiger partial charge in [-0.3, -0.25) is 9.59 Å². The number of likely N-dealkylation sites (N-methyl/N-ethyl adjacent to an activating group) is 1. The first kappa shape index (κ1) is 22.3. The Hall–Kier alpha value is -1.92. The largest absolute Gasteiger partial charge is 0.381 e. The van der Waals surface area contributed by atoms with Gasteiger partial charge in [-0.1, -0.05) is 24.3 Å². The highest BCUT2D eigenvalue weighted by Gasteiger charge is 2.46. The Balaban J connectivity index is 1.39. The molecule has 1 aromatic carbocycles. The molecular weight excluding hydrogens is 390 g/mol. The summed E-state index contributed by atoms with van der Waals surface area (Å²) in [5.74, 6) is 0.873. The van der Waals surface area contributed by atoms with E-state index in [1.54, 1.807) is 0 Å². The molecule has 1 N–H and O–H groups in total. The van der Waals surface area contributed by atoms with Crippen molar-refractivity contribution in [3.8, 4) is 0 Å². The maximum Gasteiger partial charge on any atom is 0.225 e. The minimum atomic E-state index is 0.109. The summed E-state index contributed by atoms with van der Waals surface area (Å²) in [4.78, 5) is 29.7. The van der Waals surface area contributed by atoms with E-state index in [-0.39, 0.29) is 23.2 Å². The summed E-state index contributed by atoms with van der Waals surface area (Å²) in [5, 5.41) is 3.08. The fraction of sp³-hybridized carbons (Fsp3) is 0.680. The molecule has 0 bridgehead atoms. The van der Waals surface area contributed by atoms with Gasteiger partial charge in [0.15, 0.2) is 0 Å². The number of rotatable bonds is 6. The maximum absolute atomic E-state index is 13.0. The lowest BCUT2D eigenvalue weighted by atomic mass is 9.73. The number of hydrogen-bond donors (Lipinski definition) is 1. The number of amides is 2. The number of hydrogen-bond acceptors (Lipinski definition) is 4. The monoisotopic (exact) mass is 427 g/mol. The topological polar surface area (TPSA) is 61.9 Å². The molecule has 31 heavy (non-hydrogen) atoms. The van der Waals surface area contributed by atoms with Gasteiger partial charge in [-0.25, -0.2) is 0 Å². The Bertz CT molecular complexity index is 780. The van der Waals surface area contributed by atoms with E-state index < -0.39 is 0 Å². The summed E-state index contributed by atoms with van der Waals surface area (Å²) in [7, 11) is 4.03. The van der Waals surface area contributed by atoms with Gasteiger partial charge in [0.2, 0.25) is 11.8 Å². The highest BCUT2D eigenvalue weighted by atomic mass is 16.5. The summed E-state index contributed by atoms with van der Waals surface area (Å²) in [5.41, 5.74) is 2.87. The molecule has 2 heterocycles. The number of carbonyl (C=O) groups is 2. The molecule has 0 radical (unpaired) electrons. The second kappa shape index (κ2) is 9.70. The molecular formula is C25H37N3O3. The molecule has 6 heteroatoms. The van der Waals surface area contributed by atoms with Crippen molar-refractivity contribution >= 4 is 11.8 Å². The first-order chi connectivity index (χ1) is 15.0. The van der Waals surface area contributed by atoms with Crippen molar-refractivity contribution in [2.75, 3.05) is 53.5 Å². The number of carbonyl (C=O) groups excluding carboxylic acids is 2. The third-order valence-corrected chi connectivity index (χ3v) is 7.52. The van der Waals surface area contributed by atoms with Crippen LogP contribution in [0.2, 0.25) is 0 Å². The third kappa shape index (κ3) is 4.96.